The summed E-state index contributed by atoms with van der Waals surface area (Å²) >= 11 is 1.51. The van der Waals surface area contributed by atoms with Crippen LogP contribution in [0.2, 0.25) is 0 Å². The molecule has 5 nitrogen and oxygen atoms in total. The highest BCUT2D eigenvalue weighted by molar-refractivity contribution is 7.17. The zero-order chi connectivity index (χ0) is 17.5. The molecule has 2 heterocycles. The molecule has 0 saturated carbocycles. The van der Waals surface area contributed by atoms with E-state index in [9.17, 15) is 9.59 Å². The first kappa shape index (κ1) is 17.4. The molecular formula is C18H26N2O3S. The highest BCUT2D eigenvalue weighted by Gasteiger charge is 2.34. The molecule has 2 aliphatic rings. The number of carbonyl (C=O) groups excluding carboxylic acids is 2. The number of primary amides is 1. The second-order valence-corrected chi connectivity index (χ2v) is 8.97. The van der Waals surface area contributed by atoms with Gasteiger partial charge in [0.1, 0.15) is 11.1 Å². The fraction of sp³-hybridized carbons (Fsp3) is 0.667. The van der Waals surface area contributed by atoms with E-state index in [4.69, 9.17) is 10.5 Å². The summed E-state index contributed by atoms with van der Waals surface area (Å²) in [7, 11) is 0. The maximum absolute atomic E-state index is 12.3. The van der Waals surface area contributed by atoms with Gasteiger partial charge in [0.25, 0.3) is 11.8 Å². The molecule has 1 aliphatic carbocycles. The van der Waals surface area contributed by atoms with Gasteiger partial charge in [-0.1, -0.05) is 20.8 Å². The quantitative estimate of drug-likeness (QED) is 0.879. The molecule has 3 N–H and O–H groups in total. The summed E-state index contributed by atoms with van der Waals surface area (Å²) in [6, 6.07) is 0. The summed E-state index contributed by atoms with van der Waals surface area (Å²) < 4.78 is 5.43. The van der Waals surface area contributed by atoms with E-state index in [1.807, 2.05) is 0 Å². The Balaban J connectivity index is 1.86. The summed E-state index contributed by atoms with van der Waals surface area (Å²) in [6.07, 6.45) is 4.06. The summed E-state index contributed by atoms with van der Waals surface area (Å²) in [5, 5.41) is 3.50. The number of ether oxygens (including phenoxy) is 1. The number of nitrogens with two attached hydrogens (primary N) is 1. The van der Waals surface area contributed by atoms with Crippen LogP contribution in [0.5, 0.6) is 0 Å². The van der Waals surface area contributed by atoms with Crippen molar-refractivity contribution in [2.24, 2.45) is 17.1 Å². The van der Waals surface area contributed by atoms with Gasteiger partial charge in [0.2, 0.25) is 0 Å². The number of amides is 2. The minimum Gasteiger partial charge on any atom is -0.368 e. The molecule has 1 aromatic rings. The van der Waals surface area contributed by atoms with E-state index in [0.29, 0.717) is 23.1 Å². The summed E-state index contributed by atoms with van der Waals surface area (Å²) in [5.41, 5.74) is 7.40. The van der Waals surface area contributed by atoms with Crippen molar-refractivity contribution in [1.82, 2.24) is 0 Å². The molecule has 0 bridgehead atoms. The Bertz CT molecular complexity index is 654. The van der Waals surface area contributed by atoms with Crippen molar-refractivity contribution in [2.75, 3.05) is 11.9 Å². The average Bonchev–Trinajstić information content (AvgIpc) is 3.12. The summed E-state index contributed by atoms with van der Waals surface area (Å²) in [5.74, 6) is -0.0450. The average molecular weight is 350 g/mol. The van der Waals surface area contributed by atoms with E-state index in [0.717, 1.165) is 37.7 Å². The first-order valence-electron chi connectivity index (χ1n) is 8.64. The lowest BCUT2D eigenvalue weighted by Crippen LogP contribution is -2.28. The van der Waals surface area contributed by atoms with Crippen LogP contribution in [-0.4, -0.2) is 24.5 Å². The van der Waals surface area contributed by atoms with E-state index < -0.39 is 12.0 Å². The van der Waals surface area contributed by atoms with Gasteiger partial charge in [0.05, 0.1) is 5.56 Å². The third kappa shape index (κ3) is 3.35. The molecular weight excluding hydrogens is 324 g/mol. The number of hydrogen-bond acceptors (Lipinski definition) is 4. The van der Waals surface area contributed by atoms with Crippen molar-refractivity contribution in [3.63, 3.8) is 0 Å². The maximum atomic E-state index is 12.3. The van der Waals surface area contributed by atoms with Gasteiger partial charge in [-0.25, -0.2) is 0 Å². The van der Waals surface area contributed by atoms with Gasteiger partial charge < -0.3 is 15.8 Å². The Morgan fingerprint density at radius 3 is 2.62 bits per heavy atom. The number of anilines is 1. The van der Waals surface area contributed by atoms with Gasteiger partial charge in [-0.05, 0) is 49.0 Å². The molecule has 1 saturated heterocycles. The van der Waals surface area contributed by atoms with E-state index >= 15 is 0 Å². The lowest BCUT2D eigenvalue weighted by atomic mass is 9.72. The molecule has 1 aliphatic heterocycles. The highest BCUT2D eigenvalue weighted by atomic mass is 32.1. The number of carbonyl (C=O) groups is 2. The summed E-state index contributed by atoms with van der Waals surface area (Å²) in [6.45, 7) is 7.39. The lowest BCUT2D eigenvalue weighted by Gasteiger charge is -2.33. The van der Waals surface area contributed by atoms with Crippen LogP contribution in [0.15, 0.2) is 0 Å². The second-order valence-electron chi connectivity index (χ2n) is 7.87. The molecule has 0 spiro atoms. The second kappa shape index (κ2) is 6.48. The van der Waals surface area contributed by atoms with Crippen molar-refractivity contribution >= 4 is 28.2 Å². The predicted octanol–water partition coefficient (Wildman–Crippen LogP) is 3.12. The van der Waals surface area contributed by atoms with Crippen LogP contribution in [-0.2, 0) is 22.4 Å². The van der Waals surface area contributed by atoms with E-state index in [1.54, 1.807) is 0 Å². The molecule has 1 aromatic heterocycles. The van der Waals surface area contributed by atoms with Crippen molar-refractivity contribution in [3.8, 4) is 0 Å². The Kier molecular flexibility index (Phi) is 4.71. The fourth-order valence-corrected chi connectivity index (χ4v) is 4.99. The minimum absolute atomic E-state index is 0.166. The Morgan fingerprint density at radius 1 is 1.29 bits per heavy atom. The first-order chi connectivity index (χ1) is 11.3. The van der Waals surface area contributed by atoms with Crippen molar-refractivity contribution < 1.29 is 14.3 Å². The zero-order valence-corrected chi connectivity index (χ0v) is 15.4. The smallest absolute Gasteiger partial charge is 0.254 e. The van der Waals surface area contributed by atoms with Gasteiger partial charge in [0, 0.05) is 11.5 Å². The lowest BCUT2D eigenvalue weighted by molar-refractivity contribution is -0.124. The predicted molar refractivity (Wildman–Crippen MR) is 95.4 cm³/mol. The molecule has 2 amide bonds. The zero-order valence-electron chi connectivity index (χ0n) is 14.6. The largest absolute Gasteiger partial charge is 0.368 e. The minimum atomic E-state index is -0.454. The molecule has 24 heavy (non-hydrogen) atoms. The number of fused-ring (bicyclic) bond motifs is 1. The molecule has 0 radical (unpaired) electrons. The standard InChI is InChI=1S/C18H26N2O3S/c1-18(2,3)10-6-7-11-13(9-10)24-17(14(11)15(19)21)20-16(22)12-5-4-8-23-12/h10,12H,4-9H2,1-3H3,(H2,19,21)(H,20,22)/t10-,12-/m0/s1. The number of thiophene rings is 1. The van der Waals surface area contributed by atoms with Crippen LogP contribution >= 0.6 is 11.3 Å². The van der Waals surface area contributed by atoms with E-state index in [-0.39, 0.29) is 11.3 Å². The third-order valence-electron chi connectivity index (χ3n) is 5.20. The monoisotopic (exact) mass is 350 g/mol. The fourth-order valence-electron chi connectivity index (χ4n) is 3.65. The molecule has 0 aromatic carbocycles. The highest BCUT2D eigenvalue weighted by Crippen LogP contribution is 2.44. The maximum Gasteiger partial charge on any atom is 0.254 e. The first-order valence-corrected chi connectivity index (χ1v) is 9.46. The van der Waals surface area contributed by atoms with Crippen LogP contribution in [0.25, 0.3) is 0 Å². The van der Waals surface area contributed by atoms with Crippen LogP contribution in [0.4, 0.5) is 5.00 Å². The van der Waals surface area contributed by atoms with Crippen molar-refractivity contribution in [3.05, 3.63) is 16.0 Å². The number of nitrogens with one attached hydrogen (secondary N) is 1. The molecule has 6 heteroatoms. The van der Waals surface area contributed by atoms with Gasteiger partial charge in [0.15, 0.2) is 0 Å². The molecule has 0 unspecified atom stereocenters. The Hall–Kier alpha value is -1.40. The number of rotatable bonds is 3. The van der Waals surface area contributed by atoms with Gasteiger partial charge in [-0.15, -0.1) is 11.3 Å². The Morgan fingerprint density at radius 2 is 2.04 bits per heavy atom. The topological polar surface area (TPSA) is 81.4 Å². The Labute approximate surface area is 146 Å². The van der Waals surface area contributed by atoms with Crippen LogP contribution in [0.1, 0.15) is 60.8 Å². The normalized spacial score (nSPS) is 23.8. The van der Waals surface area contributed by atoms with Crippen LogP contribution in [0, 0.1) is 11.3 Å². The van der Waals surface area contributed by atoms with E-state index in [1.165, 1.54) is 16.2 Å². The van der Waals surface area contributed by atoms with Gasteiger partial charge in [-0.3, -0.25) is 9.59 Å². The molecule has 2 atom stereocenters. The van der Waals surface area contributed by atoms with Crippen molar-refractivity contribution in [1.29, 1.82) is 0 Å². The molecule has 3 rings (SSSR count). The van der Waals surface area contributed by atoms with Gasteiger partial charge in [-0.2, -0.15) is 0 Å². The van der Waals surface area contributed by atoms with E-state index in [2.05, 4.69) is 26.1 Å². The molecule has 1 fully saturated rings. The van der Waals surface area contributed by atoms with Gasteiger partial charge >= 0.3 is 0 Å². The number of hydrogen-bond donors (Lipinski definition) is 2. The van der Waals surface area contributed by atoms with Crippen molar-refractivity contribution in [2.45, 2.75) is 59.0 Å². The van der Waals surface area contributed by atoms with Crippen LogP contribution in [0.3, 0.4) is 0 Å². The third-order valence-corrected chi connectivity index (χ3v) is 6.37. The summed E-state index contributed by atoms with van der Waals surface area (Å²) in [4.78, 5) is 25.5. The SMILES string of the molecule is CC(C)(C)[C@H]1CCc2c(sc(NC(=O)[C@@H]3CCCO3)c2C(N)=O)C1. The van der Waals surface area contributed by atoms with Crippen LogP contribution < -0.4 is 11.1 Å². The molecule has 132 valence electrons.